The summed E-state index contributed by atoms with van der Waals surface area (Å²) >= 11 is 0. The zero-order valence-corrected chi connectivity index (χ0v) is 15.4. The topological polar surface area (TPSA) is 90.3 Å². The fourth-order valence-corrected chi connectivity index (χ4v) is 3.65. The number of carbonyl (C=O) groups excluding carboxylic acids is 1. The summed E-state index contributed by atoms with van der Waals surface area (Å²) in [4.78, 5) is 17.0. The molecule has 2 heterocycles. The van der Waals surface area contributed by atoms with Crippen LogP contribution < -0.4 is 10.1 Å². The van der Waals surface area contributed by atoms with Crippen LogP contribution in [0.3, 0.4) is 0 Å². The van der Waals surface area contributed by atoms with Crippen molar-refractivity contribution in [1.82, 2.24) is 9.55 Å². The van der Waals surface area contributed by atoms with E-state index in [1.807, 2.05) is 4.57 Å². The summed E-state index contributed by atoms with van der Waals surface area (Å²) in [6, 6.07) is 11.4. The van der Waals surface area contributed by atoms with Gasteiger partial charge in [0.25, 0.3) is 5.91 Å². The van der Waals surface area contributed by atoms with Crippen LogP contribution in [0.2, 0.25) is 0 Å². The van der Waals surface area contributed by atoms with Crippen molar-refractivity contribution in [2.45, 2.75) is 11.4 Å². The second-order valence-electron chi connectivity index (χ2n) is 6.29. The van der Waals surface area contributed by atoms with Gasteiger partial charge < -0.3 is 14.6 Å². The first kappa shape index (κ1) is 17.3. The molecule has 3 aromatic rings. The van der Waals surface area contributed by atoms with Gasteiger partial charge in [0.2, 0.25) is 0 Å². The van der Waals surface area contributed by atoms with Crippen LogP contribution in [0.5, 0.6) is 5.75 Å². The first-order chi connectivity index (χ1) is 12.9. The van der Waals surface area contributed by atoms with Crippen molar-refractivity contribution in [3.63, 3.8) is 0 Å². The molecule has 0 radical (unpaired) electrons. The first-order valence-electron chi connectivity index (χ1n) is 8.31. The smallest absolute Gasteiger partial charge is 0.255 e. The van der Waals surface area contributed by atoms with Crippen LogP contribution in [-0.4, -0.2) is 36.7 Å². The van der Waals surface area contributed by atoms with Crippen LogP contribution in [0, 0.1) is 0 Å². The summed E-state index contributed by atoms with van der Waals surface area (Å²) in [6.07, 6.45) is 4.60. The van der Waals surface area contributed by atoms with Gasteiger partial charge in [0.15, 0.2) is 9.84 Å². The third-order valence-corrected chi connectivity index (χ3v) is 5.45. The van der Waals surface area contributed by atoms with Crippen LogP contribution in [-0.2, 0) is 16.4 Å². The van der Waals surface area contributed by atoms with E-state index in [1.165, 1.54) is 12.1 Å². The lowest BCUT2D eigenvalue weighted by molar-refractivity contribution is 0.102. The van der Waals surface area contributed by atoms with E-state index in [2.05, 4.69) is 10.3 Å². The molecule has 1 aliphatic heterocycles. The van der Waals surface area contributed by atoms with Crippen LogP contribution in [0.25, 0.3) is 11.3 Å². The molecule has 27 heavy (non-hydrogen) atoms. The molecule has 1 aliphatic rings. The molecule has 1 amide bonds. The minimum Gasteiger partial charge on any atom is -0.491 e. The summed E-state index contributed by atoms with van der Waals surface area (Å²) < 4.78 is 31.1. The van der Waals surface area contributed by atoms with E-state index in [9.17, 15) is 13.2 Å². The maximum atomic E-state index is 12.7. The number of imidazole rings is 1. The van der Waals surface area contributed by atoms with E-state index in [0.29, 0.717) is 30.2 Å². The Morgan fingerprint density at radius 1 is 1.22 bits per heavy atom. The highest BCUT2D eigenvalue weighted by atomic mass is 32.2. The summed E-state index contributed by atoms with van der Waals surface area (Å²) in [5, 5.41) is 2.74. The van der Waals surface area contributed by atoms with Crippen LogP contribution >= 0.6 is 0 Å². The second-order valence-corrected chi connectivity index (χ2v) is 8.30. The second kappa shape index (κ2) is 6.55. The molecular weight excluding hydrogens is 366 g/mol. The standard InChI is InChI=1S/C19H17N3O4S/c1-27(24,25)15-4-2-3-14(10-15)21-19(23)13-5-6-18-16(9-13)17-11-20-12-22(17)7-8-26-18/h2-6,9-12H,7-8H2,1H3,(H,21,23). The van der Waals surface area contributed by atoms with Gasteiger partial charge >= 0.3 is 0 Å². The zero-order chi connectivity index (χ0) is 19.0. The summed E-state index contributed by atoms with van der Waals surface area (Å²) in [5.74, 6) is 0.364. The van der Waals surface area contributed by atoms with E-state index in [0.717, 1.165) is 17.5 Å². The highest BCUT2D eigenvalue weighted by Crippen LogP contribution is 2.33. The van der Waals surface area contributed by atoms with Crippen molar-refractivity contribution in [3.8, 4) is 17.0 Å². The Labute approximate surface area is 156 Å². The molecule has 0 saturated heterocycles. The predicted octanol–water partition coefficient (Wildman–Crippen LogP) is 2.60. The SMILES string of the molecule is CS(=O)(=O)c1cccc(NC(=O)c2ccc3c(c2)-c2cncn2CCO3)c1. The zero-order valence-electron chi connectivity index (χ0n) is 14.5. The monoisotopic (exact) mass is 383 g/mol. The number of nitrogens with zero attached hydrogens (tertiary/aromatic N) is 2. The average molecular weight is 383 g/mol. The summed E-state index contributed by atoms with van der Waals surface area (Å²) in [7, 11) is -3.35. The first-order valence-corrected chi connectivity index (χ1v) is 10.2. The molecule has 0 atom stereocenters. The maximum absolute atomic E-state index is 12.7. The molecule has 138 valence electrons. The van der Waals surface area contributed by atoms with E-state index in [1.54, 1.807) is 42.9 Å². The van der Waals surface area contributed by atoms with Gasteiger partial charge in [-0.15, -0.1) is 0 Å². The van der Waals surface area contributed by atoms with Crippen molar-refractivity contribution in [2.24, 2.45) is 0 Å². The number of ether oxygens (including phenoxy) is 1. The van der Waals surface area contributed by atoms with Crippen LogP contribution in [0.1, 0.15) is 10.4 Å². The van der Waals surface area contributed by atoms with Gasteiger partial charge in [0.1, 0.15) is 12.4 Å². The molecular formula is C19H17N3O4S. The number of sulfone groups is 1. The summed E-state index contributed by atoms with van der Waals surface area (Å²) in [5.41, 5.74) is 2.54. The number of benzene rings is 2. The number of hydrogen-bond acceptors (Lipinski definition) is 5. The van der Waals surface area contributed by atoms with E-state index >= 15 is 0 Å². The normalized spacial score (nSPS) is 13.1. The molecule has 7 nitrogen and oxygen atoms in total. The van der Waals surface area contributed by atoms with E-state index in [-0.39, 0.29) is 10.8 Å². The van der Waals surface area contributed by atoms with Gasteiger partial charge in [0.05, 0.1) is 29.7 Å². The molecule has 0 spiro atoms. The molecule has 0 fully saturated rings. The average Bonchev–Trinajstić information content (AvgIpc) is 3.03. The number of nitrogens with one attached hydrogen (secondary N) is 1. The number of rotatable bonds is 3. The van der Waals surface area contributed by atoms with Crippen molar-refractivity contribution in [3.05, 3.63) is 60.6 Å². The Morgan fingerprint density at radius 3 is 2.89 bits per heavy atom. The number of anilines is 1. The van der Waals surface area contributed by atoms with Gasteiger partial charge in [-0.3, -0.25) is 4.79 Å². The van der Waals surface area contributed by atoms with Crippen molar-refractivity contribution < 1.29 is 17.9 Å². The molecule has 0 unspecified atom stereocenters. The number of aromatic nitrogens is 2. The molecule has 0 bridgehead atoms. The Hall–Kier alpha value is -3.13. The predicted molar refractivity (Wildman–Crippen MR) is 101 cm³/mol. The van der Waals surface area contributed by atoms with Gasteiger partial charge in [-0.2, -0.15) is 0 Å². The minimum atomic E-state index is -3.35. The fourth-order valence-electron chi connectivity index (χ4n) is 2.98. The Morgan fingerprint density at radius 2 is 2.07 bits per heavy atom. The molecule has 4 rings (SSSR count). The van der Waals surface area contributed by atoms with Crippen LogP contribution in [0.15, 0.2) is 59.9 Å². The van der Waals surface area contributed by atoms with Crippen molar-refractivity contribution >= 4 is 21.4 Å². The highest BCUT2D eigenvalue weighted by molar-refractivity contribution is 7.90. The Balaban J connectivity index is 1.65. The summed E-state index contributed by atoms with van der Waals surface area (Å²) in [6.45, 7) is 1.21. The van der Waals surface area contributed by atoms with Gasteiger partial charge in [0, 0.05) is 23.1 Å². The number of fused-ring (bicyclic) bond motifs is 3. The van der Waals surface area contributed by atoms with Crippen LogP contribution in [0.4, 0.5) is 5.69 Å². The number of hydrogen-bond donors (Lipinski definition) is 1. The number of amides is 1. The molecule has 0 aliphatic carbocycles. The fraction of sp³-hybridized carbons (Fsp3) is 0.158. The van der Waals surface area contributed by atoms with E-state index in [4.69, 9.17) is 4.74 Å². The minimum absolute atomic E-state index is 0.152. The molecule has 8 heteroatoms. The molecule has 0 saturated carbocycles. The maximum Gasteiger partial charge on any atom is 0.255 e. The van der Waals surface area contributed by atoms with Gasteiger partial charge in [-0.1, -0.05) is 6.07 Å². The number of carbonyl (C=O) groups is 1. The highest BCUT2D eigenvalue weighted by Gasteiger charge is 2.18. The molecule has 1 aromatic heterocycles. The molecule has 2 aromatic carbocycles. The van der Waals surface area contributed by atoms with Gasteiger partial charge in [-0.25, -0.2) is 13.4 Å². The van der Waals surface area contributed by atoms with Crippen molar-refractivity contribution in [2.75, 3.05) is 18.2 Å². The Bertz CT molecular complexity index is 1140. The lowest BCUT2D eigenvalue weighted by Gasteiger charge is -2.10. The van der Waals surface area contributed by atoms with E-state index < -0.39 is 9.84 Å². The lowest BCUT2D eigenvalue weighted by Crippen LogP contribution is -2.12. The third-order valence-electron chi connectivity index (χ3n) is 4.34. The Kier molecular flexibility index (Phi) is 4.19. The quantitative estimate of drug-likeness (QED) is 0.751. The molecule has 1 N–H and O–H groups in total. The largest absolute Gasteiger partial charge is 0.491 e. The lowest BCUT2D eigenvalue weighted by atomic mass is 10.1. The third kappa shape index (κ3) is 3.43. The van der Waals surface area contributed by atoms with Gasteiger partial charge in [-0.05, 0) is 36.4 Å². The van der Waals surface area contributed by atoms with Crippen molar-refractivity contribution in [1.29, 1.82) is 0 Å².